The topological polar surface area (TPSA) is 66.7 Å². The fourth-order valence-corrected chi connectivity index (χ4v) is 9.45. The van der Waals surface area contributed by atoms with E-state index >= 15 is 0 Å². The van der Waals surface area contributed by atoms with Crippen molar-refractivity contribution in [3.63, 3.8) is 0 Å². The molecule has 0 atom stereocenters. The quantitative estimate of drug-likeness (QED) is 0.181. The van der Waals surface area contributed by atoms with E-state index in [0.29, 0.717) is 0 Å². The molecule has 0 saturated carbocycles. The number of fused-ring (bicyclic) bond motifs is 4. The summed E-state index contributed by atoms with van der Waals surface area (Å²) in [6.07, 6.45) is 1.94. The van der Waals surface area contributed by atoms with E-state index in [4.69, 9.17) is 9.97 Å². The van der Waals surface area contributed by atoms with Gasteiger partial charge in [-0.2, -0.15) is 0 Å². The Kier molecular flexibility index (Phi) is 10.8. The summed E-state index contributed by atoms with van der Waals surface area (Å²) in [6, 6.07) is 44.3. The summed E-state index contributed by atoms with van der Waals surface area (Å²) in [7, 11) is 0. The zero-order valence-corrected chi connectivity index (χ0v) is 42.4. The van der Waals surface area contributed by atoms with Gasteiger partial charge in [0, 0.05) is 50.4 Å². The van der Waals surface area contributed by atoms with Gasteiger partial charge >= 0.3 is 0 Å². The van der Waals surface area contributed by atoms with Gasteiger partial charge in [0.25, 0.3) is 0 Å². The van der Waals surface area contributed by atoms with Gasteiger partial charge in [-0.05, 0) is 127 Å². The van der Waals surface area contributed by atoms with Crippen LogP contribution < -0.4 is 0 Å². The van der Waals surface area contributed by atoms with E-state index in [1.807, 2.05) is 6.20 Å². The number of phenolic OH excluding ortho intramolecular Hbond substituents is 1. The third-order valence-corrected chi connectivity index (χ3v) is 13.6. The maximum atomic E-state index is 12.5. The van der Waals surface area contributed by atoms with Crippen molar-refractivity contribution >= 4 is 32.8 Å². The molecule has 0 aliphatic heterocycles. The zero-order valence-electron chi connectivity index (χ0n) is 42.4. The minimum absolute atomic E-state index is 0.109. The Labute approximate surface area is 398 Å². The van der Waals surface area contributed by atoms with Crippen molar-refractivity contribution in [3.8, 4) is 56.3 Å². The molecule has 9 rings (SSSR count). The Bertz CT molecular complexity index is 3350. The molecule has 0 unspecified atom stereocenters. The van der Waals surface area contributed by atoms with Crippen LogP contribution in [0.4, 0.5) is 0 Å². The molecular weight excluding hydrogens is 817 g/mol. The molecule has 0 bridgehead atoms. The Hall–Kier alpha value is -6.46. The number of aromatic hydroxyl groups is 1. The number of para-hydroxylation sites is 2. The molecule has 0 amide bonds. The van der Waals surface area contributed by atoms with Crippen molar-refractivity contribution in [3.05, 3.63) is 155 Å². The summed E-state index contributed by atoms with van der Waals surface area (Å²) in [5.74, 6) is 0.989. The van der Waals surface area contributed by atoms with Crippen molar-refractivity contribution in [2.24, 2.45) is 0 Å². The molecule has 5 nitrogen and oxygen atoms in total. The minimum Gasteiger partial charge on any atom is -0.507 e. The number of hydrogen-bond donors (Lipinski definition) is 2. The number of hydrogen-bond acceptors (Lipinski definition) is 3. The number of nitrogens with one attached hydrogen (secondary N) is 1. The second-order valence-corrected chi connectivity index (χ2v) is 24.0. The number of imidazole rings is 1. The van der Waals surface area contributed by atoms with E-state index in [0.717, 1.165) is 78.2 Å². The lowest BCUT2D eigenvalue weighted by atomic mass is 9.78. The summed E-state index contributed by atoms with van der Waals surface area (Å²) in [5, 5.41) is 15.0. The molecule has 9 aromatic rings. The predicted molar refractivity (Wildman–Crippen MR) is 285 cm³/mol. The van der Waals surface area contributed by atoms with Gasteiger partial charge in [-0.15, -0.1) is 0 Å². The zero-order chi connectivity index (χ0) is 48.2. The van der Waals surface area contributed by atoms with Crippen LogP contribution in [0.15, 0.2) is 128 Å². The number of pyridine rings is 1. The first-order valence-corrected chi connectivity index (χ1v) is 24.0. The Balaban J connectivity index is 1.32. The van der Waals surface area contributed by atoms with Gasteiger partial charge in [-0.25, -0.2) is 4.98 Å². The fourth-order valence-electron chi connectivity index (χ4n) is 9.45. The third-order valence-electron chi connectivity index (χ3n) is 13.6. The molecule has 3 heterocycles. The lowest BCUT2D eigenvalue weighted by molar-refractivity contribution is 0.446. The molecule has 5 heteroatoms. The fraction of sp³-hybridized carbons (Fsp3) is 0.323. The molecule has 342 valence electrons. The van der Waals surface area contributed by atoms with Crippen LogP contribution in [0.25, 0.3) is 83.4 Å². The highest BCUT2D eigenvalue weighted by atomic mass is 16.3. The second kappa shape index (κ2) is 15.8. The van der Waals surface area contributed by atoms with E-state index < -0.39 is 0 Å². The molecular formula is C62H68N4O. The monoisotopic (exact) mass is 885 g/mol. The van der Waals surface area contributed by atoms with Crippen molar-refractivity contribution in [2.45, 2.75) is 131 Å². The first-order valence-electron chi connectivity index (χ1n) is 24.0. The normalized spacial score (nSPS) is 13.1. The largest absolute Gasteiger partial charge is 0.507 e. The average Bonchev–Trinajstić information content (AvgIpc) is 3.83. The standard InChI is InChI=1S/C62H68N4O/c1-58(2,3)40-29-38(28-39(30-40)52-31-37(26-27-63-52)45-21-18-24-51-54(45)47-20-16-17-23-50(47)64-51)46-22-19-25-53-55(46)65-57(48-35-43(61(10,11)12)36-49(56(48)67)62(13,14)15)66(53)44-33-41(59(4,5)6)32-42(34-44)60(7,8)9/h16-36,64,67H,1-15H3. The number of aromatic amines is 1. The van der Waals surface area contributed by atoms with E-state index in [2.05, 4.69) is 235 Å². The maximum Gasteiger partial charge on any atom is 0.149 e. The van der Waals surface area contributed by atoms with Gasteiger partial charge in [0.2, 0.25) is 0 Å². The van der Waals surface area contributed by atoms with E-state index in [1.165, 1.54) is 33.0 Å². The summed E-state index contributed by atoms with van der Waals surface area (Å²) in [5.41, 5.74) is 17.1. The maximum absolute atomic E-state index is 12.5. The van der Waals surface area contributed by atoms with Crippen molar-refractivity contribution in [1.82, 2.24) is 19.5 Å². The van der Waals surface area contributed by atoms with Gasteiger partial charge in [0.05, 0.1) is 22.3 Å². The smallest absolute Gasteiger partial charge is 0.149 e. The number of benzene rings is 6. The summed E-state index contributed by atoms with van der Waals surface area (Å²) < 4.78 is 2.31. The van der Waals surface area contributed by atoms with Crippen molar-refractivity contribution in [1.29, 1.82) is 0 Å². The van der Waals surface area contributed by atoms with Gasteiger partial charge < -0.3 is 10.1 Å². The molecule has 6 aromatic carbocycles. The highest BCUT2D eigenvalue weighted by Gasteiger charge is 2.30. The summed E-state index contributed by atoms with van der Waals surface area (Å²) >= 11 is 0. The van der Waals surface area contributed by atoms with Crippen LogP contribution >= 0.6 is 0 Å². The first kappa shape index (κ1) is 45.7. The van der Waals surface area contributed by atoms with Crippen LogP contribution in [-0.4, -0.2) is 24.6 Å². The molecule has 0 fully saturated rings. The molecule has 2 N–H and O–H groups in total. The van der Waals surface area contributed by atoms with Gasteiger partial charge in [0.15, 0.2) is 0 Å². The number of rotatable bonds is 5. The third kappa shape index (κ3) is 8.47. The number of nitrogens with zero attached hydrogens (tertiary/aromatic N) is 3. The van der Waals surface area contributed by atoms with Crippen LogP contribution in [0.5, 0.6) is 5.75 Å². The van der Waals surface area contributed by atoms with E-state index in [9.17, 15) is 5.11 Å². The minimum atomic E-state index is -0.315. The Morgan fingerprint density at radius 3 is 1.72 bits per heavy atom. The van der Waals surface area contributed by atoms with Crippen molar-refractivity contribution < 1.29 is 5.11 Å². The SMILES string of the molecule is CC(C)(C)c1cc(-c2cc(-c3cccc4[nH]c5ccccc5c34)ccn2)cc(-c2cccc3c2nc(-c2cc(C(C)(C)C)cc(C(C)(C)C)c2O)n3-c2cc(C(C)(C)C)cc(C(C)(C)C)c2)c1. The molecule has 3 aromatic heterocycles. The molecule has 0 spiro atoms. The van der Waals surface area contributed by atoms with Gasteiger partial charge in [-0.3, -0.25) is 9.55 Å². The highest BCUT2D eigenvalue weighted by molar-refractivity contribution is 6.14. The lowest BCUT2D eigenvalue weighted by Gasteiger charge is -2.28. The molecule has 0 aliphatic rings. The molecule has 67 heavy (non-hydrogen) atoms. The van der Waals surface area contributed by atoms with Crippen LogP contribution in [-0.2, 0) is 27.1 Å². The average molecular weight is 885 g/mol. The first-order chi connectivity index (χ1) is 31.3. The number of phenols is 1. The predicted octanol–water partition coefficient (Wildman–Crippen LogP) is 16.9. The van der Waals surface area contributed by atoms with Gasteiger partial charge in [-0.1, -0.05) is 165 Å². The van der Waals surface area contributed by atoms with Gasteiger partial charge in [0.1, 0.15) is 11.6 Å². The summed E-state index contributed by atoms with van der Waals surface area (Å²) in [6.45, 7) is 33.8. The van der Waals surface area contributed by atoms with E-state index in [-0.39, 0.29) is 32.8 Å². The Morgan fingerprint density at radius 1 is 0.478 bits per heavy atom. The number of H-pyrrole nitrogens is 1. The van der Waals surface area contributed by atoms with Crippen molar-refractivity contribution in [2.75, 3.05) is 0 Å². The van der Waals surface area contributed by atoms with Crippen LogP contribution in [0, 0.1) is 0 Å². The molecule has 0 radical (unpaired) electrons. The lowest BCUT2D eigenvalue weighted by Crippen LogP contribution is -2.18. The van der Waals surface area contributed by atoms with Crippen LogP contribution in [0.3, 0.4) is 0 Å². The Morgan fingerprint density at radius 2 is 1.06 bits per heavy atom. The molecule has 0 saturated heterocycles. The highest BCUT2D eigenvalue weighted by Crippen LogP contribution is 2.46. The van der Waals surface area contributed by atoms with Crippen LogP contribution in [0.2, 0.25) is 0 Å². The molecule has 0 aliphatic carbocycles. The van der Waals surface area contributed by atoms with E-state index in [1.54, 1.807) is 0 Å². The number of aromatic nitrogens is 4. The second-order valence-electron chi connectivity index (χ2n) is 24.0. The van der Waals surface area contributed by atoms with Crippen LogP contribution in [0.1, 0.15) is 132 Å². The summed E-state index contributed by atoms with van der Waals surface area (Å²) in [4.78, 5) is 14.4.